The van der Waals surface area contributed by atoms with Gasteiger partial charge in [-0.05, 0) is 24.3 Å². The molecule has 0 fully saturated rings. The van der Waals surface area contributed by atoms with Crippen molar-refractivity contribution in [1.29, 1.82) is 0 Å². The van der Waals surface area contributed by atoms with Crippen LogP contribution >= 0.6 is 0 Å². The van der Waals surface area contributed by atoms with Gasteiger partial charge in [-0.1, -0.05) is 29.9 Å². The van der Waals surface area contributed by atoms with Gasteiger partial charge in [0, 0.05) is 6.20 Å². The molecule has 0 radical (unpaired) electrons. The molecule has 0 spiro atoms. The van der Waals surface area contributed by atoms with E-state index < -0.39 is 17.8 Å². The first kappa shape index (κ1) is 15.4. The molecule has 24 heavy (non-hydrogen) atoms. The number of ether oxygens (including phenoxy) is 1. The summed E-state index contributed by atoms with van der Waals surface area (Å²) in [7, 11) is 0. The molecule has 3 rings (SSSR count). The van der Waals surface area contributed by atoms with Crippen molar-refractivity contribution < 1.29 is 24.0 Å². The van der Waals surface area contributed by atoms with Crippen LogP contribution in [-0.4, -0.2) is 34.4 Å². The monoisotopic (exact) mass is 324 g/mol. The van der Waals surface area contributed by atoms with Gasteiger partial charge in [-0.2, -0.15) is 0 Å². The van der Waals surface area contributed by atoms with Crippen molar-refractivity contribution in [3.05, 3.63) is 72.1 Å². The number of pyridine rings is 1. The number of fused-ring (bicyclic) bond motifs is 1. The summed E-state index contributed by atoms with van der Waals surface area (Å²) < 4.78 is 5.32. The van der Waals surface area contributed by atoms with Crippen LogP contribution in [0.5, 0.6) is 5.75 Å². The topological polar surface area (TPSA) is 85.8 Å². The quantitative estimate of drug-likeness (QED) is 0.618. The number of benzene rings is 1. The Bertz CT molecular complexity index is 811. The molecule has 2 heterocycles. The number of aromatic nitrogens is 1. The van der Waals surface area contributed by atoms with Crippen LogP contribution in [-0.2, 0) is 4.84 Å². The first-order chi connectivity index (χ1) is 11.6. The molecule has 0 saturated heterocycles. The van der Waals surface area contributed by atoms with E-state index in [1.54, 1.807) is 18.2 Å². The predicted molar refractivity (Wildman–Crippen MR) is 82.3 cm³/mol. The zero-order valence-corrected chi connectivity index (χ0v) is 12.5. The molecular weight excluding hydrogens is 312 g/mol. The third-order valence-corrected chi connectivity index (χ3v) is 3.25. The minimum atomic E-state index is -0.968. The van der Waals surface area contributed by atoms with Gasteiger partial charge in [0.15, 0.2) is 11.4 Å². The number of amides is 2. The fraction of sp³-hybridized carbons (Fsp3) is 0.0588. The summed E-state index contributed by atoms with van der Waals surface area (Å²) >= 11 is 0. The predicted octanol–water partition coefficient (Wildman–Crippen LogP) is 2.01. The van der Waals surface area contributed by atoms with Crippen LogP contribution in [0.15, 0.2) is 55.3 Å². The molecule has 0 unspecified atom stereocenters. The lowest BCUT2D eigenvalue weighted by Gasteiger charge is -2.13. The van der Waals surface area contributed by atoms with Gasteiger partial charge in [-0.3, -0.25) is 9.59 Å². The van der Waals surface area contributed by atoms with Gasteiger partial charge in [-0.15, -0.1) is 0 Å². The van der Waals surface area contributed by atoms with Crippen LogP contribution in [0.4, 0.5) is 0 Å². The van der Waals surface area contributed by atoms with E-state index in [0.29, 0.717) is 5.06 Å². The molecule has 1 aromatic carbocycles. The van der Waals surface area contributed by atoms with Crippen LogP contribution < -0.4 is 4.74 Å². The summed E-state index contributed by atoms with van der Waals surface area (Å²) in [5.41, 5.74) is 0.217. The molecule has 0 saturated carbocycles. The highest BCUT2D eigenvalue weighted by molar-refractivity contribution is 6.21. The number of hydrogen-bond donors (Lipinski definition) is 0. The average molecular weight is 324 g/mol. The van der Waals surface area contributed by atoms with Gasteiger partial charge >= 0.3 is 5.97 Å². The number of hydroxylamine groups is 2. The van der Waals surface area contributed by atoms with Crippen LogP contribution in [0.25, 0.3) is 0 Å². The minimum Gasteiger partial charge on any atom is -0.487 e. The van der Waals surface area contributed by atoms with Crippen LogP contribution in [0.1, 0.15) is 31.2 Å². The molecular formula is C17H12N2O5. The zero-order valence-electron chi connectivity index (χ0n) is 12.5. The Morgan fingerprint density at radius 1 is 1.12 bits per heavy atom. The van der Waals surface area contributed by atoms with Crippen molar-refractivity contribution in [2.75, 3.05) is 6.61 Å². The summed E-state index contributed by atoms with van der Waals surface area (Å²) in [5.74, 6) is -2.20. The van der Waals surface area contributed by atoms with E-state index in [9.17, 15) is 14.4 Å². The van der Waals surface area contributed by atoms with Crippen molar-refractivity contribution in [2.45, 2.75) is 0 Å². The lowest BCUT2D eigenvalue weighted by atomic mass is 10.1. The van der Waals surface area contributed by atoms with Gasteiger partial charge in [0.05, 0.1) is 11.1 Å². The molecule has 1 aromatic heterocycles. The highest BCUT2D eigenvalue weighted by atomic mass is 16.7. The van der Waals surface area contributed by atoms with Crippen molar-refractivity contribution >= 4 is 17.8 Å². The summed E-state index contributed by atoms with van der Waals surface area (Å²) in [5, 5.41) is 0.430. The van der Waals surface area contributed by atoms with E-state index in [-0.39, 0.29) is 29.2 Å². The van der Waals surface area contributed by atoms with Gasteiger partial charge in [0.1, 0.15) is 6.61 Å². The highest BCUT2D eigenvalue weighted by Crippen LogP contribution is 2.24. The number of nitrogens with zero attached hydrogens (tertiary/aromatic N) is 2. The molecule has 120 valence electrons. The van der Waals surface area contributed by atoms with E-state index in [1.807, 2.05) is 0 Å². The second kappa shape index (κ2) is 6.33. The smallest absolute Gasteiger partial charge is 0.385 e. The van der Waals surface area contributed by atoms with Crippen LogP contribution in [0, 0.1) is 0 Å². The molecule has 1 aliphatic rings. The lowest BCUT2D eigenvalue weighted by molar-refractivity contribution is -0.0590. The standard InChI is InChI=1S/C17H12N2O5/c1-2-10-23-13-8-5-9-18-14(13)17(22)24-19-15(20)11-6-3-4-7-12(11)16(19)21/h2-9H,1,10H2. The fourth-order valence-corrected chi connectivity index (χ4v) is 2.19. The SMILES string of the molecule is C=CCOc1cccnc1C(=O)ON1C(=O)c2ccccc2C1=O. The Hall–Kier alpha value is -3.48. The van der Waals surface area contributed by atoms with E-state index in [4.69, 9.17) is 9.57 Å². The second-order valence-electron chi connectivity index (χ2n) is 4.78. The number of imide groups is 1. The number of carbonyl (C=O) groups is 3. The summed E-state index contributed by atoms with van der Waals surface area (Å²) in [6.07, 6.45) is 2.88. The Kier molecular flexibility index (Phi) is 4.07. The van der Waals surface area contributed by atoms with Crippen molar-refractivity contribution in [3.8, 4) is 5.75 Å². The first-order valence-corrected chi connectivity index (χ1v) is 7.02. The van der Waals surface area contributed by atoms with Crippen molar-refractivity contribution in [3.63, 3.8) is 0 Å². The van der Waals surface area contributed by atoms with E-state index in [0.717, 1.165) is 0 Å². The minimum absolute atomic E-state index is 0.143. The van der Waals surface area contributed by atoms with Crippen molar-refractivity contribution in [2.24, 2.45) is 0 Å². The summed E-state index contributed by atoms with van der Waals surface area (Å²) in [6, 6.07) is 9.32. The largest absolute Gasteiger partial charge is 0.487 e. The Morgan fingerprint density at radius 2 is 1.79 bits per heavy atom. The third kappa shape index (κ3) is 2.63. The molecule has 0 bridgehead atoms. The molecule has 0 aliphatic carbocycles. The first-order valence-electron chi connectivity index (χ1n) is 7.02. The summed E-state index contributed by atoms with van der Waals surface area (Å²) in [6.45, 7) is 3.68. The van der Waals surface area contributed by atoms with E-state index in [1.165, 1.54) is 30.5 Å². The molecule has 1 aliphatic heterocycles. The Balaban J connectivity index is 1.83. The highest BCUT2D eigenvalue weighted by Gasteiger charge is 2.39. The number of rotatable bonds is 5. The fourth-order valence-electron chi connectivity index (χ4n) is 2.19. The van der Waals surface area contributed by atoms with Gasteiger partial charge in [0.2, 0.25) is 0 Å². The van der Waals surface area contributed by atoms with E-state index >= 15 is 0 Å². The maximum absolute atomic E-state index is 12.3. The normalized spacial score (nSPS) is 12.8. The zero-order chi connectivity index (χ0) is 17.1. The maximum atomic E-state index is 12.3. The van der Waals surface area contributed by atoms with Gasteiger partial charge in [0.25, 0.3) is 11.8 Å². The molecule has 2 amide bonds. The number of hydrogen-bond acceptors (Lipinski definition) is 6. The van der Waals surface area contributed by atoms with E-state index in [2.05, 4.69) is 11.6 Å². The van der Waals surface area contributed by atoms with Gasteiger partial charge < -0.3 is 9.57 Å². The van der Waals surface area contributed by atoms with Crippen molar-refractivity contribution in [1.82, 2.24) is 10.0 Å². The third-order valence-electron chi connectivity index (χ3n) is 3.25. The lowest BCUT2D eigenvalue weighted by Crippen LogP contribution is -2.33. The molecule has 7 nitrogen and oxygen atoms in total. The second-order valence-corrected chi connectivity index (χ2v) is 4.78. The number of carbonyl (C=O) groups excluding carboxylic acids is 3. The molecule has 0 atom stereocenters. The molecule has 0 N–H and O–H groups in total. The van der Waals surface area contributed by atoms with Gasteiger partial charge in [-0.25, -0.2) is 9.78 Å². The summed E-state index contributed by atoms with van der Waals surface area (Å²) in [4.78, 5) is 45.5. The Labute approximate surface area is 137 Å². The molecule has 7 heteroatoms. The van der Waals surface area contributed by atoms with Crippen LogP contribution in [0.2, 0.25) is 0 Å². The molecule has 2 aromatic rings. The van der Waals surface area contributed by atoms with Crippen LogP contribution in [0.3, 0.4) is 0 Å². The maximum Gasteiger partial charge on any atom is 0.385 e. The Morgan fingerprint density at radius 3 is 2.42 bits per heavy atom. The average Bonchev–Trinajstić information content (AvgIpc) is 2.85.